The van der Waals surface area contributed by atoms with Crippen LogP contribution in [0.2, 0.25) is 5.02 Å². The molecule has 1 aliphatic heterocycles. The normalized spacial score (nSPS) is 22.3. The van der Waals surface area contributed by atoms with Crippen molar-refractivity contribution in [3.05, 3.63) is 53.4 Å². The van der Waals surface area contributed by atoms with Crippen molar-refractivity contribution >= 4 is 35.1 Å². The van der Waals surface area contributed by atoms with Gasteiger partial charge in [-0.2, -0.15) is 0 Å². The molecule has 1 amide bonds. The van der Waals surface area contributed by atoms with Crippen LogP contribution >= 0.6 is 23.4 Å². The van der Waals surface area contributed by atoms with Crippen LogP contribution in [0.15, 0.2) is 42.9 Å². The highest BCUT2D eigenvalue weighted by molar-refractivity contribution is 8.01. The van der Waals surface area contributed by atoms with Crippen molar-refractivity contribution in [2.75, 3.05) is 10.7 Å². The molecule has 1 aromatic carbocycles. The molecule has 1 atom stereocenters. The summed E-state index contributed by atoms with van der Waals surface area (Å²) in [6, 6.07) is 7.55. The number of carbonyl (C=O) groups excluding carboxylic acids is 1. The minimum Gasteiger partial charge on any atom is -0.275 e. The summed E-state index contributed by atoms with van der Waals surface area (Å²) < 4.78 is 0. The van der Waals surface area contributed by atoms with Gasteiger partial charge >= 0.3 is 0 Å². The average Bonchev–Trinajstić information content (AvgIpc) is 2.77. The first-order chi connectivity index (χ1) is 9.61. The Kier molecular flexibility index (Phi) is 3.40. The van der Waals surface area contributed by atoms with E-state index in [1.807, 2.05) is 31.2 Å². The third kappa shape index (κ3) is 2.17. The fourth-order valence-corrected chi connectivity index (χ4v) is 3.58. The number of aromatic nitrogens is 2. The topological polar surface area (TPSA) is 46.1 Å². The van der Waals surface area contributed by atoms with Crippen molar-refractivity contribution in [1.82, 2.24) is 9.97 Å². The van der Waals surface area contributed by atoms with Crippen LogP contribution < -0.4 is 4.90 Å². The van der Waals surface area contributed by atoms with Crippen molar-refractivity contribution in [3.8, 4) is 0 Å². The summed E-state index contributed by atoms with van der Waals surface area (Å²) in [4.78, 5) is 21.8. The number of hydrogen-bond donors (Lipinski definition) is 0. The van der Waals surface area contributed by atoms with E-state index in [9.17, 15) is 4.79 Å². The molecule has 4 nitrogen and oxygen atoms in total. The Morgan fingerprint density at radius 3 is 2.70 bits per heavy atom. The lowest BCUT2D eigenvalue weighted by atomic mass is 10.1. The molecule has 6 heteroatoms. The molecular weight excluding hydrogens is 294 g/mol. The number of carbonyl (C=O) groups is 1. The number of anilines is 1. The minimum atomic E-state index is -0.488. The van der Waals surface area contributed by atoms with E-state index < -0.39 is 4.87 Å². The molecule has 1 aromatic heterocycles. The Morgan fingerprint density at radius 2 is 2.05 bits per heavy atom. The predicted molar refractivity (Wildman–Crippen MR) is 80.8 cm³/mol. The third-order valence-electron chi connectivity index (χ3n) is 3.31. The monoisotopic (exact) mass is 305 g/mol. The SMILES string of the molecule is CC1(c2ccc(Cl)cc2)SCC(=O)N1c1cnccn1. The van der Waals surface area contributed by atoms with Crippen LogP contribution in [-0.4, -0.2) is 21.6 Å². The van der Waals surface area contributed by atoms with Crippen LogP contribution in [-0.2, 0) is 9.67 Å². The van der Waals surface area contributed by atoms with Crippen LogP contribution in [0.25, 0.3) is 0 Å². The van der Waals surface area contributed by atoms with E-state index in [4.69, 9.17) is 11.6 Å². The van der Waals surface area contributed by atoms with Crippen LogP contribution in [0.5, 0.6) is 0 Å². The fourth-order valence-electron chi connectivity index (χ4n) is 2.29. The highest BCUT2D eigenvalue weighted by Crippen LogP contribution is 2.46. The van der Waals surface area contributed by atoms with Gasteiger partial charge in [-0.15, -0.1) is 11.8 Å². The van der Waals surface area contributed by atoms with Gasteiger partial charge in [-0.1, -0.05) is 23.7 Å². The number of hydrogen-bond acceptors (Lipinski definition) is 4. The first-order valence-electron chi connectivity index (χ1n) is 6.10. The number of nitrogens with zero attached hydrogens (tertiary/aromatic N) is 3. The lowest BCUT2D eigenvalue weighted by Crippen LogP contribution is -2.40. The maximum Gasteiger partial charge on any atom is 0.239 e. The maximum atomic E-state index is 12.2. The lowest BCUT2D eigenvalue weighted by Gasteiger charge is -2.33. The number of thioether (sulfide) groups is 1. The van der Waals surface area contributed by atoms with Gasteiger partial charge in [-0.05, 0) is 24.6 Å². The molecule has 2 aromatic rings. The summed E-state index contributed by atoms with van der Waals surface area (Å²) in [6.45, 7) is 2.01. The quantitative estimate of drug-likeness (QED) is 0.855. The van der Waals surface area contributed by atoms with E-state index in [0.717, 1.165) is 5.56 Å². The third-order valence-corrected chi connectivity index (χ3v) is 4.93. The zero-order valence-electron chi connectivity index (χ0n) is 10.8. The summed E-state index contributed by atoms with van der Waals surface area (Å²) in [5.41, 5.74) is 1.02. The molecule has 0 saturated carbocycles. The van der Waals surface area contributed by atoms with Crippen molar-refractivity contribution in [1.29, 1.82) is 0 Å². The summed E-state index contributed by atoms with van der Waals surface area (Å²) in [7, 11) is 0. The molecule has 20 heavy (non-hydrogen) atoms. The molecule has 0 spiro atoms. The number of rotatable bonds is 2. The zero-order valence-corrected chi connectivity index (χ0v) is 12.4. The molecule has 102 valence electrons. The van der Waals surface area contributed by atoms with E-state index in [-0.39, 0.29) is 5.91 Å². The molecule has 1 unspecified atom stereocenters. The Balaban J connectivity index is 2.07. The van der Waals surface area contributed by atoms with Crippen molar-refractivity contribution in [2.24, 2.45) is 0 Å². The van der Waals surface area contributed by atoms with Crippen molar-refractivity contribution in [3.63, 3.8) is 0 Å². The minimum absolute atomic E-state index is 0.0351. The number of benzene rings is 1. The second-order valence-corrected chi connectivity index (χ2v) is 6.38. The van der Waals surface area contributed by atoms with E-state index in [1.165, 1.54) is 0 Å². The first kappa shape index (κ1) is 13.4. The van der Waals surface area contributed by atoms with Crippen LogP contribution in [0.3, 0.4) is 0 Å². The van der Waals surface area contributed by atoms with E-state index in [1.54, 1.807) is 35.3 Å². The average molecular weight is 306 g/mol. The van der Waals surface area contributed by atoms with Gasteiger partial charge < -0.3 is 0 Å². The highest BCUT2D eigenvalue weighted by atomic mass is 35.5. The molecule has 1 saturated heterocycles. The maximum absolute atomic E-state index is 12.2. The van der Waals surface area contributed by atoms with E-state index in [0.29, 0.717) is 16.6 Å². The van der Waals surface area contributed by atoms with Gasteiger partial charge in [-0.25, -0.2) is 4.98 Å². The molecular formula is C14H12ClN3OS. The fraction of sp³-hybridized carbons (Fsp3) is 0.214. The Hall–Kier alpha value is -1.59. The molecule has 0 N–H and O–H groups in total. The molecule has 0 aliphatic carbocycles. The lowest BCUT2D eigenvalue weighted by molar-refractivity contribution is -0.116. The van der Waals surface area contributed by atoms with Gasteiger partial charge in [0.25, 0.3) is 0 Å². The molecule has 1 aliphatic rings. The molecule has 0 radical (unpaired) electrons. The van der Waals surface area contributed by atoms with Crippen molar-refractivity contribution < 1.29 is 4.79 Å². The molecule has 3 rings (SSSR count). The van der Waals surface area contributed by atoms with Crippen LogP contribution in [0.4, 0.5) is 5.82 Å². The van der Waals surface area contributed by atoms with Crippen LogP contribution in [0, 0.1) is 0 Å². The Labute approximate surface area is 126 Å². The van der Waals surface area contributed by atoms with Gasteiger partial charge in [0.1, 0.15) is 4.87 Å². The summed E-state index contributed by atoms with van der Waals surface area (Å²) >= 11 is 7.52. The highest BCUT2D eigenvalue weighted by Gasteiger charge is 2.45. The Morgan fingerprint density at radius 1 is 1.30 bits per heavy atom. The second kappa shape index (κ2) is 5.07. The van der Waals surface area contributed by atoms with E-state index in [2.05, 4.69) is 9.97 Å². The van der Waals surface area contributed by atoms with Gasteiger partial charge in [0, 0.05) is 17.4 Å². The van der Waals surface area contributed by atoms with Gasteiger partial charge in [0.05, 0.1) is 11.9 Å². The first-order valence-corrected chi connectivity index (χ1v) is 7.47. The molecule has 1 fully saturated rings. The standard InChI is InChI=1S/C14H12ClN3OS/c1-14(10-2-4-11(15)5-3-10)18(13(19)9-20-14)12-8-16-6-7-17-12/h2-8H,9H2,1H3. The molecule has 2 heterocycles. The van der Waals surface area contributed by atoms with Crippen LogP contribution in [0.1, 0.15) is 12.5 Å². The van der Waals surface area contributed by atoms with Gasteiger partial charge in [-0.3, -0.25) is 14.7 Å². The van der Waals surface area contributed by atoms with Gasteiger partial charge in [0.2, 0.25) is 5.91 Å². The van der Waals surface area contributed by atoms with E-state index >= 15 is 0 Å². The summed E-state index contributed by atoms with van der Waals surface area (Å²) in [5, 5.41) is 0.678. The zero-order chi connectivity index (χ0) is 14.2. The molecule has 0 bridgehead atoms. The predicted octanol–water partition coefficient (Wildman–Crippen LogP) is 3.08. The number of halogens is 1. The van der Waals surface area contributed by atoms with Gasteiger partial charge in [0.15, 0.2) is 5.82 Å². The largest absolute Gasteiger partial charge is 0.275 e. The Bertz CT molecular complexity index is 635. The smallest absolute Gasteiger partial charge is 0.239 e. The summed E-state index contributed by atoms with van der Waals surface area (Å²) in [5.74, 6) is 1.03. The van der Waals surface area contributed by atoms with Crippen molar-refractivity contribution in [2.45, 2.75) is 11.8 Å². The number of amides is 1. The second-order valence-electron chi connectivity index (χ2n) is 4.57. The summed E-state index contributed by atoms with van der Waals surface area (Å²) in [6.07, 6.45) is 4.79.